The summed E-state index contributed by atoms with van der Waals surface area (Å²) in [6.07, 6.45) is 1.48. The van der Waals surface area contributed by atoms with Gasteiger partial charge >= 0.3 is 5.97 Å². The van der Waals surface area contributed by atoms with Gasteiger partial charge in [0, 0.05) is 23.9 Å². The molecule has 2 heterocycles. The minimum Gasteiger partial charge on any atom is -0.469 e. The van der Waals surface area contributed by atoms with Gasteiger partial charge in [-0.05, 0) is 50.1 Å². The van der Waals surface area contributed by atoms with E-state index in [0.29, 0.717) is 40.5 Å². The van der Waals surface area contributed by atoms with Crippen molar-refractivity contribution in [3.63, 3.8) is 0 Å². The van der Waals surface area contributed by atoms with E-state index in [1.165, 1.54) is 13.2 Å². The van der Waals surface area contributed by atoms with Gasteiger partial charge in [0.15, 0.2) is 0 Å². The Balaban J connectivity index is 2.14. The van der Waals surface area contributed by atoms with E-state index in [-0.39, 0.29) is 24.8 Å². The Morgan fingerprint density at radius 1 is 1.40 bits per heavy atom. The average Bonchev–Trinajstić information content (AvgIpc) is 2.88. The normalized spacial score (nSPS) is 18.1. The van der Waals surface area contributed by atoms with Crippen LogP contribution in [0.4, 0.5) is 10.1 Å². The molecule has 0 fully saturated rings. The standard InChI is InChI=1S/C22H25FN4O3/c1-13-10-19-15(11-16(13)23)21(17-6-4-5-9-24-17)26-18(7-8-20(29)30-3)22(27-19)25-12-14(2)28/h4-6,9-11,14,18,28H,7-8,12H2,1-3H3,(H,25,27)/t14-,18+/m1/s1. The third kappa shape index (κ3) is 5.07. The SMILES string of the molecule is COC(=O)CC[C@@H]1N=C(c2ccccn2)c2cc(F)c(C)cc2NC1=NC[C@@H](C)O. The molecule has 0 saturated heterocycles. The number of nitrogens with zero attached hydrogens (tertiary/aromatic N) is 3. The maximum atomic E-state index is 14.4. The molecule has 0 radical (unpaired) electrons. The van der Waals surface area contributed by atoms with Gasteiger partial charge in [-0.1, -0.05) is 6.07 Å². The number of aryl methyl sites for hydroxylation is 1. The van der Waals surface area contributed by atoms with Crippen LogP contribution in [0.3, 0.4) is 0 Å². The Hall–Kier alpha value is -3.13. The average molecular weight is 412 g/mol. The number of pyridine rings is 1. The molecule has 7 nitrogen and oxygen atoms in total. The van der Waals surface area contributed by atoms with Crippen LogP contribution >= 0.6 is 0 Å². The number of esters is 1. The number of hydrogen-bond acceptors (Lipinski definition) is 6. The lowest BCUT2D eigenvalue weighted by molar-refractivity contribution is -0.140. The number of carbonyl (C=O) groups excluding carboxylic acids is 1. The zero-order valence-electron chi connectivity index (χ0n) is 17.2. The van der Waals surface area contributed by atoms with E-state index in [2.05, 4.69) is 15.3 Å². The first-order chi connectivity index (χ1) is 14.4. The lowest BCUT2D eigenvalue weighted by atomic mass is 10.0. The van der Waals surface area contributed by atoms with Gasteiger partial charge in [-0.2, -0.15) is 0 Å². The summed E-state index contributed by atoms with van der Waals surface area (Å²) < 4.78 is 19.2. The molecule has 1 aromatic carbocycles. The fraction of sp³-hybridized carbons (Fsp3) is 0.364. The highest BCUT2D eigenvalue weighted by Gasteiger charge is 2.26. The van der Waals surface area contributed by atoms with Gasteiger partial charge in [-0.25, -0.2) is 4.39 Å². The second-order valence-electron chi connectivity index (χ2n) is 7.17. The monoisotopic (exact) mass is 412 g/mol. The number of aliphatic hydroxyl groups excluding tert-OH is 1. The van der Waals surface area contributed by atoms with Crippen LogP contribution in [0, 0.1) is 12.7 Å². The molecule has 1 aliphatic heterocycles. The molecule has 0 spiro atoms. The van der Waals surface area contributed by atoms with Gasteiger partial charge in [-0.15, -0.1) is 0 Å². The lowest BCUT2D eigenvalue weighted by Crippen LogP contribution is -2.28. The van der Waals surface area contributed by atoms with Crippen molar-refractivity contribution in [3.05, 3.63) is 59.2 Å². The van der Waals surface area contributed by atoms with Crippen molar-refractivity contribution in [3.8, 4) is 0 Å². The van der Waals surface area contributed by atoms with Crippen LogP contribution in [-0.2, 0) is 9.53 Å². The number of benzene rings is 1. The van der Waals surface area contributed by atoms with E-state index in [1.54, 1.807) is 38.2 Å². The molecule has 0 aliphatic carbocycles. The van der Waals surface area contributed by atoms with Crippen LogP contribution in [0.25, 0.3) is 0 Å². The van der Waals surface area contributed by atoms with Crippen molar-refractivity contribution in [2.24, 2.45) is 9.98 Å². The van der Waals surface area contributed by atoms with Gasteiger partial charge in [0.1, 0.15) is 17.7 Å². The first-order valence-electron chi connectivity index (χ1n) is 9.75. The largest absolute Gasteiger partial charge is 0.469 e. The van der Waals surface area contributed by atoms with Crippen molar-refractivity contribution < 1.29 is 19.0 Å². The van der Waals surface area contributed by atoms with Gasteiger partial charge in [0.05, 0.1) is 31.2 Å². The van der Waals surface area contributed by atoms with Crippen molar-refractivity contribution in [2.45, 2.75) is 38.8 Å². The lowest BCUT2D eigenvalue weighted by Gasteiger charge is -2.16. The summed E-state index contributed by atoms with van der Waals surface area (Å²) in [5.74, 6) is -0.212. The van der Waals surface area contributed by atoms with E-state index in [1.807, 2.05) is 6.07 Å². The van der Waals surface area contributed by atoms with Gasteiger partial charge in [0.25, 0.3) is 0 Å². The summed E-state index contributed by atoms with van der Waals surface area (Å²) in [6, 6.07) is 8.04. The van der Waals surface area contributed by atoms with E-state index in [0.717, 1.165) is 0 Å². The Bertz CT molecular complexity index is 974. The predicted molar refractivity (Wildman–Crippen MR) is 114 cm³/mol. The molecule has 1 aliphatic rings. The number of aromatic nitrogens is 1. The minimum atomic E-state index is -0.641. The fourth-order valence-corrected chi connectivity index (χ4v) is 3.13. The number of halogens is 1. The van der Waals surface area contributed by atoms with Crippen LogP contribution in [0.15, 0.2) is 46.5 Å². The summed E-state index contributed by atoms with van der Waals surface area (Å²) in [7, 11) is 1.33. The second kappa shape index (κ2) is 9.58. The highest BCUT2D eigenvalue weighted by molar-refractivity contribution is 6.19. The van der Waals surface area contributed by atoms with Gasteiger partial charge in [-0.3, -0.25) is 19.8 Å². The molecule has 8 heteroatoms. The molecule has 0 saturated carbocycles. The van der Waals surface area contributed by atoms with Crippen LogP contribution in [0.2, 0.25) is 0 Å². The molecule has 2 aromatic rings. The molecular formula is C22H25FN4O3. The maximum Gasteiger partial charge on any atom is 0.305 e. The van der Waals surface area contributed by atoms with Crippen molar-refractivity contribution >= 4 is 23.2 Å². The quantitative estimate of drug-likeness (QED) is 0.712. The number of nitrogens with one attached hydrogen (secondary N) is 1. The number of aliphatic hydroxyl groups is 1. The summed E-state index contributed by atoms with van der Waals surface area (Å²) in [6.45, 7) is 3.49. The second-order valence-corrected chi connectivity index (χ2v) is 7.17. The highest BCUT2D eigenvalue weighted by atomic mass is 19.1. The first kappa shape index (κ1) is 21.6. The summed E-state index contributed by atoms with van der Waals surface area (Å²) >= 11 is 0. The van der Waals surface area contributed by atoms with Crippen LogP contribution < -0.4 is 5.32 Å². The molecule has 2 atom stereocenters. The first-order valence-corrected chi connectivity index (χ1v) is 9.75. The Labute approximate surface area is 174 Å². The Morgan fingerprint density at radius 2 is 2.20 bits per heavy atom. The summed E-state index contributed by atoms with van der Waals surface area (Å²) in [5, 5.41) is 12.9. The topological polar surface area (TPSA) is 96.2 Å². The zero-order valence-corrected chi connectivity index (χ0v) is 17.2. The number of hydrogen-bond donors (Lipinski definition) is 2. The number of fused-ring (bicyclic) bond motifs is 1. The third-order valence-corrected chi connectivity index (χ3v) is 4.70. The Kier molecular flexibility index (Phi) is 6.89. The van der Waals surface area contributed by atoms with Crippen molar-refractivity contribution in [1.82, 2.24) is 4.98 Å². The number of rotatable bonds is 6. The van der Waals surface area contributed by atoms with Crippen molar-refractivity contribution in [1.29, 1.82) is 0 Å². The maximum absolute atomic E-state index is 14.4. The van der Waals surface area contributed by atoms with Crippen molar-refractivity contribution in [2.75, 3.05) is 19.0 Å². The summed E-state index contributed by atoms with van der Waals surface area (Å²) in [4.78, 5) is 25.4. The molecule has 30 heavy (non-hydrogen) atoms. The number of anilines is 1. The van der Waals surface area contributed by atoms with E-state index < -0.39 is 12.1 Å². The fourth-order valence-electron chi connectivity index (χ4n) is 3.13. The molecule has 2 N–H and O–H groups in total. The third-order valence-electron chi connectivity index (χ3n) is 4.70. The van der Waals surface area contributed by atoms with E-state index in [4.69, 9.17) is 9.73 Å². The molecule has 0 amide bonds. The smallest absolute Gasteiger partial charge is 0.305 e. The summed E-state index contributed by atoms with van der Waals surface area (Å²) in [5.41, 5.74) is 2.77. The number of benzodiazepines with no additional fused rings is 1. The highest BCUT2D eigenvalue weighted by Crippen LogP contribution is 2.28. The number of methoxy groups -OCH3 is 1. The van der Waals surface area contributed by atoms with Gasteiger partial charge < -0.3 is 15.2 Å². The van der Waals surface area contributed by atoms with Crippen LogP contribution in [0.1, 0.15) is 36.6 Å². The number of amidine groups is 1. The molecule has 0 unspecified atom stereocenters. The van der Waals surface area contributed by atoms with E-state index >= 15 is 0 Å². The predicted octanol–water partition coefficient (Wildman–Crippen LogP) is 2.89. The number of aliphatic imine (C=N–C) groups is 2. The molecule has 3 rings (SSSR count). The minimum absolute atomic E-state index is 0.138. The number of carbonyl (C=O) groups is 1. The van der Waals surface area contributed by atoms with E-state index in [9.17, 15) is 14.3 Å². The molecular weight excluding hydrogens is 387 g/mol. The Morgan fingerprint density at radius 3 is 2.87 bits per heavy atom. The number of ether oxygens (including phenoxy) is 1. The van der Waals surface area contributed by atoms with Crippen LogP contribution in [-0.4, -0.2) is 53.4 Å². The van der Waals surface area contributed by atoms with Crippen LogP contribution in [0.5, 0.6) is 0 Å². The molecule has 0 bridgehead atoms. The molecule has 158 valence electrons. The van der Waals surface area contributed by atoms with Gasteiger partial charge in [0.2, 0.25) is 0 Å². The molecule has 1 aromatic heterocycles. The zero-order chi connectivity index (χ0) is 21.7.